The van der Waals surface area contributed by atoms with Crippen molar-refractivity contribution in [3.05, 3.63) is 64.2 Å². The molecule has 3 N–H and O–H groups in total. The van der Waals surface area contributed by atoms with Gasteiger partial charge in [0, 0.05) is 11.6 Å². The third-order valence-corrected chi connectivity index (χ3v) is 5.23. The highest BCUT2D eigenvalue weighted by Gasteiger charge is 2.36. The molecule has 2 aromatic carbocycles. The maximum Gasteiger partial charge on any atom is 0.408 e. The van der Waals surface area contributed by atoms with Gasteiger partial charge in [-0.15, -0.1) is 6.42 Å². The number of hydrogen-bond donors (Lipinski definition) is 3. The third kappa shape index (κ3) is 7.26. The fourth-order valence-electron chi connectivity index (χ4n) is 3.23. The van der Waals surface area contributed by atoms with Gasteiger partial charge in [0.2, 0.25) is 0 Å². The van der Waals surface area contributed by atoms with E-state index in [4.69, 9.17) is 29.2 Å². The van der Waals surface area contributed by atoms with E-state index in [2.05, 4.69) is 22.6 Å². The molecule has 0 radical (unpaired) electrons. The standard InChI is InChI=1S/C27H28ClN3O5/c1-7-18-12-14-19(15-13-18)23(24(33)30-22-17(3)10-9-11-20(22)28)31(8-2)25(34)21(16-32)29-26(35)36-27(4,5)6/h1-2,9-15,21,23,32H,16H2,3-6H3,(H,29,35)(H,30,33). The average molecular weight is 510 g/mol. The van der Waals surface area contributed by atoms with E-state index >= 15 is 0 Å². The second-order valence-electron chi connectivity index (χ2n) is 8.81. The number of carbonyl (C=O) groups excluding carboxylic acids is 3. The molecular weight excluding hydrogens is 482 g/mol. The lowest BCUT2D eigenvalue weighted by molar-refractivity contribution is -0.137. The van der Waals surface area contributed by atoms with Crippen LogP contribution in [0.4, 0.5) is 10.5 Å². The molecule has 0 aromatic heterocycles. The van der Waals surface area contributed by atoms with Crippen molar-refractivity contribution in [2.45, 2.75) is 45.4 Å². The predicted molar refractivity (Wildman–Crippen MR) is 138 cm³/mol. The molecular formula is C27H28ClN3O5. The van der Waals surface area contributed by atoms with Gasteiger partial charge in [-0.25, -0.2) is 4.79 Å². The van der Waals surface area contributed by atoms with Crippen LogP contribution >= 0.6 is 11.6 Å². The highest BCUT2D eigenvalue weighted by atomic mass is 35.5. The SMILES string of the molecule is C#Cc1ccc(C(C(=O)Nc2c(C)cccc2Cl)N(C#C)C(=O)C(CO)NC(=O)OC(C)(C)C)cc1. The van der Waals surface area contributed by atoms with E-state index < -0.39 is 42.2 Å². The molecule has 0 spiro atoms. The van der Waals surface area contributed by atoms with Crippen LogP contribution in [0.1, 0.15) is 43.5 Å². The molecule has 188 valence electrons. The van der Waals surface area contributed by atoms with Crippen LogP contribution in [0.2, 0.25) is 5.02 Å². The normalized spacial score (nSPS) is 12.3. The Kier molecular flexibility index (Phi) is 9.52. The van der Waals surface area contributed by atoms with Gasteiger partial charge in [0.25, 0.3) is 11.8 Å². The molecule has 0 saturated heterocycles. The zero-order chi connectivity index (χ0) is 27.0. The lowest BCUT2D eigenvalue weighted by Gasteiger charge is -2.30. The number of benzene rings is 2. The van der Waals surface area contributed by atoms with Gasteiger partial charge >= 0.3 is 6.09 Å². The maximum absolute atomic E-state index is 13.5. The number of alkyl carbamates (subject to hydrolysis) is 1. The summed E-state index contributed by atoms with van der Waals surface area (Å²) in [6.07, 6.45) is 10.2. The maximum atomic E-state index is 13.5. The van der Waals surface area contributed by atoms with Crippen molar-refractivity contribution in [2.24, 2.45) is 0 Å². The lowest BCUT2D eigenvalue weighted by atomic mass is 10.0. The quantitative estimate of drug-likeness (QED) is 0.390. The Morgan fingerprint density at radius 1 is 1.14 bits per heavy atom. The molecule has 2 unspecified atom stereocenters. The summed E-state index contributed by atoms with van der Waals surface area (Å²) in [5, 5.41) is 15.1. The highest BCUT2D eigenvalue weighted by molar-refractivity contribution is 6.34. The third-order valence-electron chi connectivity index (χ3n) is 4.92. The monoisotopic (exact) mass is 509 g/mol. The number of carbonyl (C=O) groups is 3. The van der Waals surface area contributed by atoms with Gasteiger partial charge in [0.15, 0.2) is 0 Å². The summed E-state index contributed by atoms with van der Waals surface area (Å²) in [5.74, 6) is 0.910. The number of aliphatic hydroxyl groups is 1. The van der Waals surface area contributed by atoms with Crippen molar-refractivity contribution in [3.8, 4) is 24.8 Å². The molecule has 0 aliphatic carbocycles. The number of nitrogens with one attached hydrogen (secondary N) is 2. The number of aryl methyl sites for hydroxylation is 1. The Morgan fingerprint density at radius 2 is 1.78 bits per heavy atom. The summed E-state index contributed by atoms with van der Waals surface area (Å²) in [7, 11) is 0. The summed E-state index contributed by atoms with van der Waals surface area (Å²) in [5.41, 5.74) is 1.10. The topological polar surface area (TPSA) is 108 Å². The summed E-state index contributed by atoms with van der Waals surface area (Å²) in [4.78, 5) is 39.9. The Morgan fingerprint density at radius 3 is 2.28 bits per heavy atom. The van der Waals surface area contributed by atoms with Crippen LogP contribution in [-0.2, 0) is 14.3 Å². The molecule has 0 aliphatic heterocycles. The molecule has 2 aromatic rings. The minimum Gasteiger partial charge on any atom is -0.444 e. The summed E-state index contributed by atoms with van der Waals surface area (Å²) in [6.45, 7) is 5.91. The van der Waals surface area contributed by atoms with Gasteiger partial charge in [0.1, 0.15) is 17.7 Å². The fraction of sp³-hybridized carbons (Fsp3) is 0.296. The van der Waals surface area contributed by atoms with E-state index in [0.29, 0.717) is 27.4 Å². The smallest absolute Gasteiger partial charge is 0.408 e. The van der Waals surface area contributed by atoms with E-state index in [1.807, 2.05) is 0 Å². The summed E-state index contributed by atoms with van der Waals surface area (Å²) in [6, 6.07) is 10.8. The molecule has 3 amide bonds. The first-order valence-corrected chi connectivity index (χ1v) is 11.3. The number of ether oxygens (including phenoxy) is 1. The number of nitrogens with zero attached hydrogens (tertiary/aromatic N) is 1. The molecule has 0 fully saturated rings. The first kappa shape index (κ1) is 28.3. The zero-order valence-electron chi connectivity index (χ0n) is 20.5. The minimum absolute atomic E-state index is 0.295. The Hall–Kier alpha value is -3.98. The molecule has 9 heteroatoms. The van der Waals surface area contributed by atoms with Crippen LogP contribution in [0.3, 0.4) is 0 Å². The Balaban J connectivity index is 2.47. The second kappa shape index (κ2) is 12.1. The van der Waals surface area contributed by atoms with Crippen LogP contribution < -0.4 is 10.6 Å². The predicted octanol–water partition coefficient (Wildman–Crippen LogP) is 3.61. The molecule has 2 rings (SSSR count). The van der Waals surface area contributed by atoms with Crippen LogP contribution in [0, 0.1) is 31.7 Å². The van der Waals surface area contributed by atoms with E-state index in [1.54, 1.807) is 70.2 Å². The van der Waals surface area contributed by atoms with E-state index in [0.717, 1.165) is 4.90 Å². The number of para-hydroxylation sites is 1. The molecule has 0 saturated carbocycles. The number of amides is 3. The average Bonchev–Trinajstić information content (AvgIpc) is 2.81. The summed E-state index contributed by atoms with van der Waals surface area (Å²) < 4.78 is 5.16. The van der Waals surface area contributed by atoms with Crippen LogP contribution in [-0.4, -0.2) is 46.2 Å². The second-order valence-corrected chi connectivity index (χ2v) is 9.22. The van der Waals surface area contributed by atoms with Crippen molar-refractivity contribution in [3.63, 3.8) is 0 Å². The fourth-order valence-corrected chi connectivity index (χ4v) is 3.50. The lowest BCUT2D eigenvalue weighted by Crippen LogP contribution is -2.52. The first-order chi connectivity index (χ1) is 16.9. The van der Waals surface area contributed by atoms with Gasteiger partial charge < -0.3 is 20.5 Å². The van der Waals surface area contributed by atoms with Crippen LogP contribution in [0.5, 0.6) is 0 Å². The van der Waals surface area contributed by atoms with Crippen molar-refractivity contribution < 1.29 is 24.2 Å². The largest absolute Gasteiger partial charge is 0.444 e. The molecule has 8 nitrogen and oxygen atoms in total. The van der Waals surface area contributed by atoms with Crippen molar-refractivity contribution >= 4 is 35.2 Å². The minimum atomic E-state index is -1.47. The van der Waals surface area contributed by atoms with E-state index in [9.17, 15) is 19.5 Å². The first-order valence-electron chi connectivity index (χ1n) is 10.9. The van der Waals surface area contributed by atoms with E-state index in [-0.39, 0.29) is 0 Å². The molecule has 0 bridgehead atoms. The summed E-state index contributed by atoms with van der Waals surface area (Å²) >= 11 is 6.27. The van der Waals surface area contributed by atoms with Gasteiger partial charge in [-0.1, -0.05) is 48.2 Å². The van der Waals surface area contributed by atoms with Gasteiger partial charge in [-0.2, -0.15) is 0 Å². The van der Waals surface area contributed by atoms with E-state index in [1.165, 1.54) is 0 Å². The van der Waals surface area contributed by atoms with Crippen molar-refractivity contribution in [1.82, 2.24) is 10.2 Å². The van der Waals surface area contributed by atoms with Gasteiger partial charge in [-0.05, 0) is 57.0 Å². The Labute approximate surface area is 216 Å². The molecule has 36 heavy (non-hydrogen) atoms. The highest BCUT2D eigenvalue weighted by Crippen LogP contribution is 2.29. The van der Waals surface area contributed by atoms with Gasteiger partial charge in [0.05, 0.1) is 17.3 Å². The number of rotatable bonds is 7. The Bertz CT molecular complexity index is 1190. The number of hydrogen-bond acceptors (Lipinski definition) is 5. The zero-order valence-corrected chi connectivity index (χ0v) is 21.2. The van der Waals surface area contributed by atoms with Crippen LogP contribution in [0.25, 0.3) is 0 Å². The number of terminal acetylenes is 2. The molecule has 0 heterocycles. The van der Waals surface area contributed by atoms with Crippen molar-refractivity contribution in [1.29, 1.82) is 0 Å². The van der Waals surface area contributed by atoms with Crippen molar-refractivity contribution in [2.75, 3.05) is 11.9 Å². The van der Waals surface area contributed by atoms with Crippen LogP contribution in [0.15, 0.2) is 42.5 Å². The van der Waals surface area contributed by atoms with Gasteiger partial charge in [-0.3, -0.25) is 14.5 Å². The molecule has 2 atom stereocenters. The number of aliphatic hydroxyl groups excluding tert-OH is 1. The number of halogens is 1. The molecule has 0 aliphatic rings. The number of anilines is 1.